The molecule has 1 saturated heterocycles. The first-order valence-corrected chi connectivity index (χ1v) is 9.68. The number of halogens is 2. The molecule has 0 unspecified atom stereocenters. The van der Waals surface area contributed by atoms with Crippen molar-refractivity contribution in [2.75, 3.05) is 13.1 Å². The minimum absolute atomic E-state index is 0.0449. The SMILES string of the molecule is O=C(c1ccc(CNS(=O)(=O)c2cc(F)ccc2F)cc1)N1CCCC1. The Morgan fingerprint density at radius 3 is 2.35 bits per heavy atom. The van der Waals surface area contributed by atoms with Gasteiger partial charge in [0.15, 0.2) is 0 Å². The van der Waals surface area contributed by atoms with Gasteiger partial charge in [-0.15, -0.1) is 0 Å². The zero-order chi connectivity index (χ0) is 18.7. The molecule has 1 amide bonds. The van der Waals surface area contributed by atoms with E-state index in [0.29, 0.717) is 17.2 Å². The Labute approximate surface area is 150 Å². The lowest BCUT2D eigenvalue weighted by Crippen LogP contribution is -2.27. The smallest absolute Gasteiger partial charge is 0.253 e. The Morgan fingerprint density at radius 2 is 1.69 bits per heavy atom. The summed E-state index contributed by atoms with van der Waals surface area (Å²) in [5, 5.41) is 0. The van der Waals surface area contributed by atoms with Crippen LogP contribution in [0.5, 0.6) is 0 Å². The molecule has 26 heavy (non-hydrogen) atoms. The predicted octanol–water partition coefficient (Wildman–Crippen LogP) is 2.68. The minimum Gasteiger partial charge on any atom is -0.339 e. The van der Waals surface area contributed by atoms with Crippen molar-refractivity contribution < 1.29 is 22.0 Å². The second-order valence-corrected chi connectivity index (χ2v) is 7.83. The van der Waals surface area contributed by atoms with Gasteiger partial charge in [0.2, 0.25) is 10.0 Å². The van der Waals surface area contributed by atoms with E-state index in [0.717, 1.165) is 38.1 Å². The molecule has 8 heteroatoms. The van der Waals surface area contributed by atoms with Crippen LogP contribution in [0.15, 0.2) is 47.4 Å². The number of carbonyl (C=O) groups excluding carboxylic acids is 1. The number of rotatable bonds is 5. The molecule has 1 heterocycles. The second kappa shape index (κ2) is 7.51. The van der Waals surface area contributed by atoms with Crippen LogP contribution in [0.25, 0.3) is 0 Å². The Hall–Kier alpha value is -2.32. The van der Waals surface area contributed by atoms with E-state index in [9.17, 15) is 22.0 Å². The molecule has 0 atom stereocenters. The fourth-order valence-electron chi connectivity index (χ4n) is 2.81. The molecule has 1 fully saturated rings. The Balaban J connectivity index is 1.67. The van der Waals surface area contributed by atoms with Crippen LogP contribution >= 0.6 is 0 Å². The summed E-state index contributed by atoms with van der Waals surface area (Å²) in [5.74, 6) is -1.90. The van der Waals surface area contributed by atoms with E-state index in [2.05, 4.69) is 4.72 Å². The highest BCUT2D eigenvalue weighted by Gasteiger charge is 2.21. The van der Waals surface area contributed by atoms with Gasteiger partial charge in [0.1, 0.15) is 16.5 Å². The van der Waals surface area contributed by atoms with E-state index >= 15 is 0 Å². The molecule has 0 aromatic heterocycles. The first-order valence-electron chi connectivity index (χ1n) is 8.20. The molecule has 5 nitrogen and oxygen atoms in total. The zero-order valence-electron chi connectivity index (χ0n) is 13.9. The van der Waals surface area contributed by atoms with Crippen LogP contribution in [0.4, 0.5) is 8.78 Å². The molecule has 0 radical (unpaired) electrons. The van der Waals surface area contributed by atoms with Crippen LogP contribution in [0.2, 0.25) is 0 Å². The first kappa shape index (κ1) is 18.5. The summed E-state index contributed by atoms with van der Waals surface area (Å²) in [4.78, 5) is 13.3. The number of hydrogen-bond acceptors (Lipinski definition) is 3. The normalized spacial score (nSPS) is 14.6. The molecule has 138 valence electrons. The molecule has 3 rings (SSSR count). The fraction of sp³-hybridized carbons (Fsp3) is 0.278. The van der Waals surface area contributed by atoms with Crippen LogP contribution in [0.3, 0.4) is 0 Å². The van der Waals surface area contributed by atoms with Gasteiger partial charge in [0.25, 0.3) is 5.91 Å². The Morgan fingerprint density at radius 1 is 1.04 bits per heavy atom. The van der Waals surface area contributed by atoms with E-state index in [1.54, 1.807) is 29.2 Å². The first-order chi connectivity index (χ1) is 12.4. The van der Waals surface area contributed by atoms with Crippen molar-refractivity contribution in [1.29, 1.82) is 0 Å². The lowest BCUT2D eigenvalue weighted by molar-refractivity contribution is 0.0793. The van der Waals surface area contributed by atoms with Gasteiger partial charge in [-0.1, -0.05) is 12.1 Å². The van der Waals surface area contributed by atoms with Crippen molar-refractivity contribution in [2.45, 2.75) is 24.3 Å². The zero-order valence-corrected chi connectivity index (χ0v) is 14.7. The van der Waals surface area contributed by atoms with Crippen LogP contribution < -0.4 is 4.72 Å². The third-order valence-electron chi connectivity index (χ3n) is 4.24. The van der Waals surface area contributed by atoms with E-state index in [1.165, 1.54) is 0 Å². The van der Waals surface area contributed by atoms with Crippen molar-refractivity contribution >= 4 is 15.9 Å². The number of nitrogens with zero attached hydrogens (tertiary/aromatic N) is 1. The number of benzene rings is 2. The van der Waals surface area contributed by atoms with Gasteiger partial charge in [-0.3, -0.25) is 4.79 Å². The van der Waals surface area contributed by atoms with Gasteiger partial charge in [0.05, 0.1) is 0 Å². The summed E-state index contributed by atoms with van der Waals surface area (Å²) in [7, 11) is -4.19. The second-order valence-electron chi connectivity index (χ2n) is 6.10. The van der Waals surface area contributed by atoms with Crippen LogP contribution in [0.1, 0.15) is 28.8 Å². The maximum absolute atomic E-state index is 13.7. The molecule has 0 spiro atoms. The molecule has 2 aromatic carbocycles. The van der Waals surface area contributed by atoms with E-state index in [1.807, 2.05) is 0 Å². The number of hydrogen-bond donors (Lipinski definition) is 1. The highest BCUT2D eigenvalue weighted by atomic mass is 32.2. The summed E-state index contributed by atoms with van der Waals surface area (Å²) in [5.41, 5.74) is 1.14. The van der Waals surface area contributed by atoms with Crippen molar-refractivity contribution in [3.63, 3.8) is 0 Å². The number of sulfonamides is 1. The molecular weight excluding hydrogens is 362 g/mol. The quantitative estimate of drug-likeness (QED) is 0.867. The average Bonchev–Trinajstić information content (AvgIpc) is 3.16. The summed E-state index contributed by atoms with van der Waals surface area (Å²) in [6, 6.07) is 8.78. The number of carbonyl (C=O) groups is 1. The summed E-state index contributed by atoms with van der Waals surface area (Å²) >= 11 is 0. The van der Waals surface area contributed by atoms with Crippen LogP contribution in [0, 0.1) is 11.6 Å². The molecule has 1 aliphatic rings. The van der Waals surface area contributed by atoms with Crippen LogP contribution in [-0.2, 0) is 16.6 Å². The molecular formula is C18H18F2N2O3S. The lowest BCUT2D eigenvalue weighted by atomic mass is 10.1. The summed E-state index contributed by atoms with van der Waals surface area (Å²) in [6.07, 6.45) is 2.00. The Kier molecular flexibility index (Phi) is 5.33. The lowest BCUT2D eigenvalue weighted by Gasteiger charge is -2.15. The topological polar surface area (TPSA) is 66.5 Å². The molecule has 0 aliphatic carbocycles. The summed E-state index contributed by atoms with van der Waals surface area (Å²) < 4.78 is 53.4. The van der Waals surface area contributed by atoms with Gasteiger partial charge >= 0.3 is 0 Å². The standard InChI is InChI=1S/C18H18F2N2O3S/c19-15-7-8-16(20)17(11-15)26(24,25)21-12-13-3-5-14(6-4-13)18(23)22-9-1-2-10-22/h3-8,11,21H,1-2,9-10,12H2. The summed E-state index contributed by atoms with van der Waals surface area (Å²) in [6.45, 7) is 1.40. The van der Waals surface area contributed by atoms with E-state index < -0.39 is 26.6 Å². The average molecular weight is 380 g/mol. The monoisotopic (exact) mass is 380 g/mol. The maximum atomic E-state index is 13.7. The largest absolute Gasteiger partial charge is 0.339 e. The molecule has 2 aromatic rings. The highest BCUT2D eigenvalue weighted by molar-refractivity contribution is 7.89. The van der Waals surface area contributed by atoms with Crippen molar-refractivity contribution in [3.05, 3.63) is 65.2 Å². The van der Waals surface area contributed by atoms with E-state index in [-0.39, 0.29) is 12.5 Å². The number of likely N-dealkylation sites (tertiary alicyclic amines) is 1. The minimum atomic E-state index is -4.19. The molecule has 1 N–H and O–H groups in total. The highest BCUT2D eigenvalue weighted by Crippen LogP contribution is 2.17. The van der Waals surface area contributed by atoms with Gasteiger partial charge in [0, 0.05) is 25.2 Å². The number of nitrogens with one attached hydrogen (secondary N) is 1. The maximum Gasteiger partial charge on any atom is 0.253 e. The van der Waals surface area contributed by atoms with Gasteiger partial charge < -0.3 is 4.90 Å². The molecule has 1 aliphatic heterocycles. The fourth-order valence-corrected chi connectivity index (χ4v) is 3.91. The predicted molar refractivity (Wildman–Crippen MR) is 92.0 cm³/mol. The van der Waals surface area contributed by atoms with Crippen LogP contribution in [-0.4, -0.2) is 32.3 Å². The third kappa shape index (κ3) is 4.08. The van der Waals surface area contributed by atoms with Crippen molar-refractivity contribution in [3.8, 4) is 0 Å². The third-order valence-corrected chi connectivity index (χ3v) is 5.66. The van der Waals surface area contributed by atoms with E-state index in [4.69, 9.17) is 0 Å². The van der Waals surface area contributed by atoms with Gasteiger partial charge in [-0.25, -0.2) is 21.9 Å². The molecule has 0 saturated carbocycles. The van der Waals surface area contributed by atoms with Crippen molar-refractivity contribution in [2.24, 2.45) is 0 Å². The molecule has 0 bridgehead atoms. The number of amides is 1. The Bertz CT molecular complexity index is 909. The van der Waals surface area contributed by atoms with Gasteiger partial charge in [-0.2, -0.15) is 0 Å². The van der Waals surface area contributed by atoms with Gasteiger partial charge in [-0.05, 0) is 48.7 Å². The van der Waals surface area contributed by atoms with Crippen molar-refractivity contribution in [1.82, 2.24) is 9.62 Å².